The highest BCUT2D eigenvalue weighted by Gasteiger charge is 2.20. The van der Waals surface area contributed by atoms with Crippen LogP contribution < -0.4 is 0 Å². The van der Waals surface area contributed by atoms with Crippen molar-refractivity contribution in [2.45, 2.75) is 19.5 Å². The normalized spacial score (nSPS) is 16.5. The minimum atomic E-state index is 0.421. The summed E-state index contributed by atoms with van der Waals surface area (Å²) in [4.78, 5) is 2.49. The summed E-state index contributed by atoms with van der Waals surface area (Å²) in [6.07, 6.45) is 0. The maximum Gasteiger partial charge on any atom is 0.0929 e. The summed E-state index contributed by atoms with van der Waals surface area (Å²) in [5, 5.41) is 4.95. The molecule has 2 aromatic carbocycles. The molecule has 1 aliphatic rings. The quantitative estimate of drug-likeness (QED) is 0.700. The van der Waals surface area contributed by atoms with Crippen LogP contribution in [0.15, 0.2) is 66.7 Å². The number of hydrogen-bond acceptors (Lipinski definition) is 3. The number of morpholine rings is 1. The molecule has 0 bridgehead atoms. The highest BCUT2D eigenvalue weighted by Crippen LogP contribution is 2.26. The van der Waals surface area contributed by atoms with Gasteiger partial charge in [0.25, 0.3) is 0 Å². The first-order valence-corrected chi connectivity index (χ1v) is 9.32. The Kier molecular flexibility index (Phi) is 5.14. The van der Waals surface area contributed by atoms with Crippen LogP contribution in [-0.4, -0.2) is 47.0 Å². The number of benzene rings is 2. The van der Waals surface area contributed by atoms with Gasteiger partial charge in [0.15, 0.2) is 0 Å². The molecule has 0 spiro atoms. The third kappa shape index (κ3) is 3.71. The third-order valence-electron chi connectivity index (χ3n) is 5.03. The Bertz CT molecular complexity index is 823. The Hall–Kier alpha value is -2.43. The van der Waals surface area contributed by atoms with Gasteiger partial charge in [-0.25, -0.2) is 0 Å². The predicted octanol–water partition coefficient (Wildman–Crippen LogP) is 3.94. The molecule has 134 valence electrons. The van der Waals surface area contributed by atoms with Crippen molar-refractivity contribution in [1.29, 1.82) is 0 Å². The minimum Gasteiger partial charge on any atom is -0.379 e. The maximum absolute atomic E-state index is 5.49. The van der Waals surface area contributed by atoms with Crippen molar-refractivity contribution >= 4 is 0 Å². The number of nitrogens with zero attached hydrogens (tertiary/aromatic N) is 3. The lowest BCUT2D eigenvalue weighted by molar-refractivity contribution is 0.0164. The van der Waals surface area contributed by atoms with Gasteiger partial charge in [0.1, 0.15) is 0 Å². The van der Waals surface area contributed by atoms with E-state index in [1.165, 1.54) is 11.3 Å². The average Bonchev–Trinajstić information content (AvgIpc) is 3.14. The molecule has 1 aromatic heterocycles. The monoisotopic (exact) mass is 347 g/mol. The summed E-state index contributed by atoms with van der Waals surface area (Å²) in [7, 11) is 0. The molecule has 1 saturated heterocycles. The van der Waals surface area contributed by atoms with Gasteiger partial charge in [-0.1, -0.05) is 60.7 Å². The van der Waals surface area contributed by atoms with E-state index >= 15 is 0 Å². The van der Waals surface area contributed by atoms with E-state index in [1.807, 2.05) is 6.07 Å². The van der Waals surface area contributed by atoms with Gasteiger partial charge in [0, 0.05) is 24.7 Å². The van der Waals surface area contributed by atoms with Gasteiger partial charge < -0.3 is 4.74 Å². The van der Waals surface area contributed by atoms with Crippen molar-refractivity contribution in [2.75, 3.05) is 26.3 Å². The van der Waals surface area contributed by atoms with Crippen LogP contribution >= 0.6 is 0 Å². The molecule has 26 heavy (non-hydrogen) atoms. The van der Waals surface area contributed by atoms with E-state index in [-0.39, 0.29) is 0 Å². The van der Waals surface area contributed by atoms with Crippen LogP contribution in [0, 0.1) is 0 Å². The molecule has 4 rings (SSSR count). The number of aromatic nitrogens is 2. The fraction of sp³-hybridized carbons (Fsp3) is 0.318. The van der Waals surface area contributed by atoms with Crippen LogP contribution in [-0.2, 0) is 11.3 Å². The fourth-order valence-electron chi connectivity index (χ4n) is 3.53. The van der Waals surface area contributed by atoms with Crippen molar-refractivity contribution in [3.05, 3.63) is 66.7 Å². The van der Waals surface area contributed by atoms with E-state index in [0.29, 0.717) is 6.04 Å². The Morgan fingerprint density at radius 1 is 0.923 bits per heavy atom. The highest BCUT2D eigenvalue weighted by atomic mass is 16.5. The van der Waals surface area contributed by atoms with E-state index in [2.05, 4.69) is 77.2 Å². The first-order chi connectivity index (χ1) is 12.8. The molecule has 0 radical (unpaired) electrons. The molecule has 4 heteroatoms. The number of hydrogen-bond donors (Lipinski definition) is 0. The van der Waals surface area contributed by atoms with E-state index in [9.17, 15) is 0 Å². The molecule has 0 amide bonds. The zero-order chi connectivity index (χ0) is 17.8. The molecule has 1 fully saturated rings. The molecule has 0 aliphatic carbocycles. The lowest BCUT2D eigenvalue weighted by atomic mass is 10.1. The summed E-state index contributed by atoms with van der Waals surface area (Å²) in [5.74, 6) is 0. The summed E-state index contributed by atoms with van der Waals surface area (Å²) >= 11 is 0. The van der Waals surface area contributed by atoms with Crippen LogP contribution in [0.2, 0.25) is 0 Å². The van der Waals surface area contributed by atoms with Crippen LogP contribution in [0.4, 0.5) is 0 Å². The summed E-state index contributed by atoms with van der Waals surface area (Å²) < 4.78 is 7.66. The van der Waals surface area contributed by atoms with Crippen molar-refractivity contribution in [3.63, 3.8) is 0 Å². The van der Waals surface area contributed by atoms with Gasteiger partial charge >= 0.3 is 0 Å². The highest BCUT2D eigenvalue weighted by molar-refractivity contribution is 5.68. The molecule has 0 N–H and O–H groups in total. The van der Waals surface area contributed by atoms with Gasteiger partial charge in [0.05, 0.1) is 31.1 Å². The van der Waals surface area contributed by atoms with Crippen LogP contribution in [0.5, 0.6) is 0 Å². The first-order valence-electron chi connectivity index (χ1n) is 9.32. The number of rotatable bonds is 5. The molecule has 4 nitrogen and oxygen atoms in total. The molecule has 3 aromatic rings. The minimum absolute atomic E-state index is 0.421. The molecule has 1 unspecified atom stereocenters. The van der Waals surface area contributed by atoms with E-state index in [1.54, 1.807) is 0 Å². The Balaban J connectivity index is 1.66. The Morgan fingerprint density at radius 2 is 1.54 bits per heavy atom. The average molecular weight is 347 g/mol. The van der Waals surface area contributed by atoms with Crippen LogP contribution in [0.25, 0.3) is 22.5 Å². The standard InChI is InChI=1S/C22H25N3O/c1-18(24-12-14-26-15-13-24)17-25-22(20-10-6-3-7-11-20)16-21(23-25)19-8-4-2-5-9-19/h2-11,16,18H,12-15,17H2,1H3. The maximum atomic E-state index is 5.49. The third-order valence-corrected chi connectivity index (χ3v) is 5.03. The zero-order valence-electron chi connectivity index (χ0n) is 15.2. The molecule has 1 atom stereocenters. The second kappa shape index (κ2) is 7.85. The van der Waals surface area contributed by atoms with Crippen molar-refractivity contribution in [2.24, 2.45) is 0 Å². The molecule has 2 heterocycles. The molecular formula is C22H25N3O. The van der Waals surface area contributed by atoms with E-state index in [4.69, 9.17) is 9.84 Å². The van der Waals surface area contributed by atoms with Crippen LogP contribution in [0.1, 0.15) is 6.92 Å². The SMILES string of the molecule is CC(Cn1nc(-c2ccccc2)cc1-c1ccccc1)N1CCOCC1. The smallest absolute Gasteiger partial charge is 0.0929 e. The second-order valence-electron chi connectivity index (χ2n) is 6.83. The molecule has 0 saturated carbocycles. The summed E-state index contributed by atoms with van der Waals surface area (Å²) in [6, 6.07) is 23.6. The van der Waals surface area contributed by atoms with Crippen molar-refractivity contribution in [1.82, 2.24) is 14.7 Å². The van der Waals surface area contributed by atoms with E-state index < -0.39 is 0 Å². The zero-order valence-corrected chi connectivity index (χ0v) is 15.2. The fourth-order valence-corrected chi connectivity index (χ4v) is 3.53. The largest absolute Gasteiger partial charge is 0.379 e. The lowest BCUT2D eigenvalue weighted by Gasteiger charge is -2.32. The topological polar surface area (TPSA) is 30.3 Å². The van der Waals surface area contributed by atoms with Gasteiger partial charge in [0.2, 0.25) is 0 Å². The number of ether oxygens (including phenoxy) is 1. The van der Waals surface area contributed by atoms with Crippen molar-refractivity contribution < 1.29 is 4.74 Å². The van der Waals surface area contributed by atoms with Gasteiger partial charge in [-0.2, -0.15) is 5.10 Å². The van der Waals surface area contributed by atoms with Gasteiger partial charge in [-0.05, 0) is 18.6 Å². The van der Waals surface area contributed by atoms with E-state index in [0.717, 1.165) is 44.1 Å². The first kappa shape index (κ1) is 17.0. The Labute approximate surface area is 155 Å². The summed E-state index contributed by atoms with van der Waals surface area (Å²) in [6.45, 7) is 6.79. The van der Waals surface area contributed by atoms with Gasteiger partial charge in [-0.3, -0.25) is 9.58 Å². The molecule has 1 aliphatic heterocycles. The predicted molar refractivity (Wildman–Crippen MR) is 105 cm³/mol. The second-order valence-corrected chi connectivity index (χ2v) is 6.83. The van der Waals surface area contributed by atoms with Gasteiger partial charge in [-0.15, -0.1) is 0 Å². The summed E-state index contributed by atoms with van der Waals surface area (Å²) in [5.41, 5.74) is 4.56. The van der Waals surface area contributed by atoms with Crippen molar-refractivity contribution in [3.8, 4) is 22.5 Å². The molecular weight excluding hydrogens is 322 g/mol. The van der Waals surface area contributed by atoms with Crippen LogP contribution in [0.3, 0.4) is 0 Å². The Morgan fingerprint density at radius 3 is 2.19 bits per heavy atom. The lowest BCUT2D eigenvalue weighted by Crippen LogP contribution is -2.44.